The second-order valence-electron chi connectivity index (χ2n) is 10.9. The van der Waals surface area contributed by atoms with Gasteiger partial charge in [0.15, 0.2) is 0 Å². The van der Waals surface area contributed by atoms with E-state index in [4.69, 9.17) is 16.3 Å². The van der Waals surface area contributed by atoms with Crippen LogP contribution in [-0.2, 0) is 24.8 Å². The number of benzene rings is 3. The number of rotatable bonds is 10. The Morgan fingerprint density at radius 1 is 1.09 bits per heavy atom. The molecule has 0 unspecified atom stereocenters. The summed E-state index contributed by atoms with van der Waals surface area (Å²) in [4.78, 5) is 30.0. The molecule has 1 saturated carbocycles. The number of ether oxygens (including phenoxy) is 1. The first-order valence-electron chi connectivity index (χ1n) is 13.8. The van der Waals surface area contributed by atoms with Gasteiger partial charge in [0, 0.05) is 42.4 Å². The third-order valence-electron chi connectivity index (χ3n) is 7.72. The number of hydrogen-bond acceptors (Lipinski definition) is 4. The van der Waals surface area contributed by atoms with Gasteiger partial charge in [0.05, 0.1) is 16.6 Å². The Morgan fingerprint density at radius 2 is 1.78 bits per heavy atom. The molecule has 4 aromatic rings. The summed E-state index contributed by atoms with van der Waals surface area (Å²) in [6, 6.07) is 12.1. The van der Waals surface area contributed by atoms with Gasteiger partial charge in [0.25, 0.3) is 12.3 Å². The van der Waals surface area contributed by atoms with Crippen LogP contribution < -0.4 is 15.4 Å². The lowest BCUT2D eigenvalue weighted by molar-refractivity contribution is -0.192. The first-order chi connectivity index (χ1) is 21.2. The monoisotopic (exact) mass is 652 g/mol. The Hall–Kier alpha value is -4.26. The van der Waals surface area contributed by atoms with Gasteiger partial charge in [0.2, 0.25) is 5.91 Å². The third-order valence-corrected chi connectivity index (χ3v) is 8.08. The van der Waals surface area contributed by atoms with Gasteiger partial charge in [-0.25, -0.2) is 18.2 Å². The van der Waals surface area contributed by atoms with Crippen LogP contribution in [0.3, 0.4) is 0 Å². The Morgan fingerprint density at radius 3 is 2.40 bits per heavy atom. The van der Waals surface area contributed by atoms with Crippen LogP contribution >= 0.6 is 11.6 Å². The quantitative estimate of drug-likeness (QED) is 0.179. The highest BCUT2D eigenvalue weighted by molar-refractivity contribution is 6.31. The SMILES string of the molecule is Cc1ccc(NC(=O)c2cc3nc(Cc4cc(CNC(=O)C5(C(F)(F)F)CC5)c(F)cc4Cl)n(C)c3cc2OCC(F)F)cc1. The molecule has 0 bridgehead atoms. The number of amides is 2. The summed E-state index contributed by atoms with van der Waals surface area (Å²) in [6.45, 7) is 0.447. The Labute approximate surface area is 258 Å². The van der Waals surface area contributed by atoms with Gasteiger partial charge in [-0.2, -0.15) is 13.2 Å². The highest BCUT2D eigenvalue weighted by atomic mass is 35.5. The van der Waals surface area contributed by atoms with Crippen molar-refractivity contribution < 1.29 is 40.7 Å². The van der Waals surface area contributed by atoms with E-state index in [1.54, 1.807) is 35.9 Å². The van der Waals surface area contributed by atoms with Crippen molar-refractivity contribution in [3.05, 3.63) is 87.4 Å². The van der Waals surface area contributed by atoms with Crippen LogP contribution in [0, 0.1) is 18.2 Å². The first-order valence-corrected chi connectivity index (χ1v) is 14.2. The molecular weight excluding hydrogens is 626 g/mol. The minimum absolute atomic E-state index is 0.0164. The van der Waals surface area contributed by atoms with E-state index in [1.807, 2.05) is 6.92 Å². The molecule has 14 heteroatoms. The fourth-order valence-electron chi connectivity index (χ4n) is 4.91. The summed E-state index contributed by atoms with van der Waals surface area (Å²) in [5.41, 5.74) is 0.0466. The lowest BCUT2D eigenvalue weighted by atomic mass is 10.0. The van der Waals surface area contributed by atoms with E-state index in [0.29, 0.717) is 28.1 Å². The average Bonchev–Trinajstić information content (AvgIpc) is 3.75. The highest BCUT2D eigenvalue weighted by Gasteiger charge is 2.68. The van der Waals surface area contributed by atoms with Crippen molar-refractivity contribution in [3.8, 4) is 5.75 Å². The lowest BCUT2D eigenvalue weighted by Gasteiger charge is -2.19. The van der Waals surface area contributed by atoms with Gasteiger partial charge in [-0.1, -0.05) is 29.3 Å². The number of halogens is 7. The second-order valence-corrected chi connectivity index (χ2v) is 11.3. The van der Waals surface area contributed by atoms with E-state index in [1.165, 1.54) is 18.2 Å². The molecule has 2 amide bonds. The van der Waals surface area contributed by atoms with Crippen molar-refractivity contribution >= 4 is 40.1 Å². The van der Waals surface area contributed by atoms with Gasteiger partial charge in [-0.15, -0.1) is 0 Å². The summed E-state index contributed by atoms with van der Waals surface area (Å²) in [5, 5.41) is 4.92. The number of hydrogen-bond donors (Lipinski definition) is 2. The van der Waals surface area contributed by atoms with E-state index >= 15 is 0 Å². The molecule has 1 aliphatic carbocycles. The summed E-state index contributed by atoms with van der Waals surface area (Å²) < 4.78 is 87.6. The summed E-state index contributed by atoms with van der Waals surface area (Å²) >= 11 is 6.30. The molecule has 0 atom stereocenters. The molecule has 0 saturated heterocycles. The summed E-state index contributed by atoms with van der Waals surface area (Å²) in [5.74, 6) is -2.33. The zero-order valence-corrected chi connectivity index (χ0v) is 24.8. The van der Waals surface area contributed by atoms with Crippen LogP contribution in [0.2, 0.25) is 5.02 Å². The Balaban J connectivity index is 1.42. The number of carbonyl (C=O) groups is 2. The molecule has 0 aliphatic heterocycles. The molecule has 0 spiro atoms. The smallest absolute Gasteiger partial charge is 0.403 e. The number of alkyl halides is 5. The molecule has 1 heterocycles. The Kier molecular flexibility index (Phi) is 8.76. The van der Waals surface area contributed by atoms with E-state index in [0.717, 1.165) is 11.6 Å². The van der Waals surface area contributed by atoms with E-state index < -0.39 is 48.8 Å². The van der Waals surface area contributed by atoms with Crippen molar-refractivity contribution in [2.45, 2.75) is 45.3 Å². The molecule has 238 valence electrons. The molecule has 7 nitrogen and oxygen atoms in total. The lowest BCUT2D eigenvalue weighted by Crippen LogP contribution is -2.41. The van der Waals surface area contributed by atoms with Crippen LogP contribution in [0.4, 0.5) is 32.0 Å². The average molecular weight is 653 g/mol. The second kappa shape index (κ2) is 12.3. The zero-order chi connectivity index (χ0) is 32.7. The van der Waals surface area contributed by atoms with Crippen molar-refractivity contribution in [2.75, 3.05) is 11.9 Å². The largest absolute Gasteiger partial charge is 0.487 e. The number of nitrogens with one attached hydrogen (secondary N) is 2. The molecule has 2 N–H and O–H groups in total. The Bertz CT molecular complexity index is 1770. The number of aryl methyl sites for hydroxylation is 2. The van der Waals surface area contributed by atoms with Crippen LogP contribution in [0.25, 0.3) is 11.0 Å². The number of fused-ring (bicyclic) bond motifs is 1. The highest BCUT2D eigenvalue weighted by Crippen LogP contribution is 2.57. The molecule has 1 aliphatic rings. The van der Waals surface area contributed by atoms with Crippen LogP contribution in [-0.4, -0.2) is 40.6 Å². The van der Waals surface area contributed by atoms with Gasteiger partial charge < -0.3 is 19.9 Å². The molecule has 3 aromatic carbocycles. The van der Waals surface area contributed by atoms with Crippen LogP contribution in [0.1, 0.15) is 45.7 Å². The predicted octanol–water partition coefficient (Wildman–Crippen LogP) is 7.12. The molecule has 1 fully saturated rings. The zero-order valence-electron chi connectivity index (χ0n) is 24.0. The minimum atomic E-state index is -4.70. The van der Waals surface area contributed by atoms with Crippen LogP contribution in [0.5, 0.6) is 5.75 Å². The van der Waals surface area contributed by atoms with Gasteiger partial charge in [-0.3, -0.25) is 9.59 Å². The number of aromatic nitrogens is 2. The summed E-state index contributed by atoms with van der Waals surface area (Å²) in [7, 11) is 1.64. The van der Waals surface area contributed by atoms with Gasteiger partial charge in [-0.05, 0) is 55.7 Å². The first kappa shape index (κ1) is 32.1. The van der Waals surface area contributed by atoms with Crippen molar-refractivity contribution in [3.63, 3.8) is 0 Å². The fraction of sp³-hybridized carbons (Fsp3) is 0.323. The third kappa shape index (κ3) is 6.73. The molecule has 5 rings (SSSR count). The minimum Gasteiger partial charge on any atom is -0.487 e. The van der Waals surface area contributed by atoms with E-state index in [2.05, 4.69) is 15.6 Å². The van der Waals surface area contributed by atoms with Crippen LogP contribution in [0.15, 0.2) is 48.5 Å². The molecule has 45 heavy (non-hydrogen) atoms. The molecule has 0 radical (unpaired) electrons. The maximum Gasteiger partial charge on any atom is 0.403 e. The standard InChI is InChI=1S/C31H27ClF6N4O3/c1-16-3-5-19(6-4-16)40-28(43)20-11-23-24(13-25(20)45-15-26(34)35)42(2)27(41-23)10-17-9-18(22(33)12-21(17)32)14-39-29(44)30(7-8-30)31(36,37)38/h3-6,9,11-13,26H,7-8,10,14-15H2,1-2H3,(H,39,44)(H,40,43). The van der Waals surface area contributed by atoms with E-state index in [-0.39, 0.29) is 41.2 Å². The maximum absolute atomic E-state index is 14.7. The number of imidazole rings is 1. The topological polar surface area (TPSA) is 85.3 Å². The number of nitrogens with zero attached hydrogens (tertiary/aromatic N) is 2. The van der Waals surface area contributed by atoms with Crippen molar-refractivity contribution in [1.82, 2.24) is 14.9 Å². The molecule has 1 aromatic heterocycles. The van der Waals surface area contributed by atoms with E-state index in [9.17, 15) is 35.9 Å². The van der Waals surface area contributed by atoms with Crippen molar-refractivity contribution in [1.29, 1.82) is 0 Å². The predicted molar refractivity (Wildman–Crippen MR) is 155 cm³/mol. The molecular formula is C31H27ClF6N4O3. The summed E-state index contributed by atoms with van der Waals surface area (Å²) in [6.07, 6.45) is -8.12. The normalized spacial score (nSPS) is 14.1. The number of anilines is 1. The van der Waals surface area contributed by atoms with Gasteiger partial charge >= 0.3 is 6.18 Å². The maximum atomic E-state index is 14.7. The number of carbonyl (C=O) groups excluding carboxylic acids is 2. The fourth-order valence-corrected chi connectivity index (χ4v) is 5.12. The van der Waals surface area contributed by atoms with Crippen molar-refractivity contribution in [2.24, 2.45) is 12.5 Å². The van der Waals surface area contributed by atoms with Gasteiger partial charge in [0.1, 0.15) is 29.4 Å².